The molecule has 61 heavy (non-hydrogen) atoms. The predicted octanol–water partition coefficient (Wildman–Crippen LogP) is 14.3. The fourth-order valence-corrected chi connectivity index (χ4v) is 9.79. The van der Waals surface area contributed by atoms with Gasteiger partial charge in [-0.05, 0) is 77.9 Å². The Bertz CT molecular complexity index is 3870. The maximum absolute atomic E-state index is 5.39. The zero-order valence-corrected chi connectivity index (χ0v) is 32.9. The molecule has 0 bridgehead atoms. The number of para-hydroxylation sites is 5. The van der Waals surface area contributed by atoms with Crippen LogP contribution >= 0.6 is 0 Å². The van der Waals surface area contributed by atoms with Gasteiger partial charge in [-0.15, -0.1) is 0 Å². The van der Waals surface area contributed by atoms with Gasteiger partial charge in [-0.2, -0.15) is 0 Å². The molecule has 13 rings (SSSR count). The molecule has 0 atom stereocenters. The van der Waals surface area contributed by atoms with E-state index in [-0.39, 0.29) is 0 Å². The van der Waals surface area contributed by atoms with Gasteiger partial charge in [-0.1, -0.05) is 146 Å². The van der Waals surface area contributed by atoms with Gasteiger partial charge in [0.05, 0.1) is 44.1 Å². The van der Waals surface area contributed by atoms with E-state index in [1.807, 2.05) is 24.3 Å². The van der Waals surface area contributed by atoms with E-state index >= 15 is 0 Å². The normalized spacial score (nSPS) is 11.9. The van der Waals surface area contributed by atoms with Crippen LogP contribution in [0.3, 0.4) is 0 Å². The third-order valence-electron chi connectivity index (χ3n) is 12.4. The number of hydrogen-bond acceptors (Lipinski definition) is 2. The van der Waals surface area contributed by atoms with Gasteiger partial charge in [0.1, 0.15) is 5.69 Å². The number of rotatable bonds is 5. The van der Waals surface area contributed by atoms with E-state index in [0.29, 0.717) is 0 Å². The standard InChI is InChI=1S/C56H35N5/c1-3-16-36(17-4-1)38-20-15-21-39(34-38)59-48-28-13-8-23-43(48)53-50(59)32-33-51-54(53)44-24-9-14-29-49(44)60(51)40-30-31-42-41-22-7-12-27-47(41)61(52(42)35-40)56-55(37-18-5-2-6-19-37)57-45-25-10-11-26-46(45)58-56/h1-35H. The smallest absolute Gasteiger partial charge is 0.165 e. The van der Waals surface area contributed by atoms with Crippen LogP contribution in [0, 0.1) is 0 Å². The van der Waals surface area contributed by atoms with Crippen molar-refractivity contribution in [3.63, 3.8) is 0 Å². The molecule has 0 radical (unpaired) electrons. The Kier molecular flexibility index (Phi) is 7.24. The Morgan fingerprint density at radius 1 is 0.279 bits per heavy atom. The van der Waals surface area contributed by atoms with E-state index in [2.05, 4.69) is 202 Å². The van der Waals surface area contributed by atoms with Crippen LogP contribution in [0.25, 0.3) is 116 Å². The first-order chi connectivity index (χ1) is 30.3. The van der Waals surface area contributed by atoms with Gasteiger partial charge in [-0.3, -0.25) is 4.57 Å². The minimum Gasteiger partial charge on any atom is -0.309 e. The molecule has 0 aliphatic heterocycles. The molecule has 5 heteroatoms. The van der Waals surface area contributed by atoms with Crippen molar-refractivity contribution in [2.75, 3.05) is 0 Å². The highest BCUT2D eigenvalue weighted by atomic mass is 15.1. The van der Waals surface area contributed by atoms with Crippen molar-refractivity contribution in [1.29, 1.82) is 0 Å². The first kappa shape index (κ1) is 33.7. The van der Waals surface area contributed by atoms with Crippen LogP contribution in [0.1, 0.15) is 0 Å². The van der Waals surface area contributed by atoms with Crippen molar-refractivity contribution < 1.29 is 0 Å². The molecule has 284 valence electrons. The molecule has 0 saturated heterocycles. The lowest BCUT2D eigenvalue weighted by molar-refractivity contribution is 1.08. The van der Waals surface area contributed by atoms with E-state index in [1.165, 1.54) is 49.1 Å². The quantitative estimate of drug-likeness (QED) is 0.175. The Morgan fingerprint density at radius 2 is 0.770 bits per heavy atom. The molecule has 0 fully saturated rings. The summed E-state index contributed by atoms with van der Waals surface area (Å²) in [5, 5.41) is 7.28. The van der Waals surface area contributed by atoms with Crippen molar-refractivity contribution in [3.8, 4) is 39.6 Å². The average molecular weight is 778 g/mol. The molecule has 0 unspecified atom stereocenters. The van der Waals surface area contributed by atoms with Gasteiger partial charge < -0.3 is 9.13 Å². The Morgan fingerprint density at radius 3 is 1.43 bits per heavy atom. The van der Waals surface area contributed by atoms with Crippen molar-refractivity contribution in [1.82, 2.24) is 23.7 Å². The summed E-state index contributed by atoms with van der Waals surface area (Å²) in [4.78, 5) is 10.7. The lowest BCUT2D eigenvalue weighted by Crippen LogP contribution is -2.04. The minimum atomic E-state index is 0.807. The lowest BCUT2D eigenvalue weighted by atomic mass is 10.0. The van der Waals surface area contributed by atoms with Crippen LogP contribution in [0.5, 0.6) is 0 Å². The maximum Gasteiger partial charge on any atom is 0.165 e. The van der Waals surface area contributed by atoms with E-state index in [0.717, 1.165) is 66.9 Å². The number of hydrogen-bond donors (Lipinski definition) is 0. The molecule has 0 N–H and O–H groups in total. The SMILES string of the molecule is c1ccc(-c2cccc(-n3c4ccccc4c4c5c6ccccc6n(-c6ccc7c8ccccc8n(-c8nc9ccccc9nc8-c8ccccc8)c7c6)c5ccc43)c2)cc1. The molecule has 9 aromatic carbocycles. The summed E-state index contributed by atoms with van der Waals surface area (Å²) in [6, 6.07) is 76.0. The Hall–Kier alpha value is -8.28. The summed E-state index contributed by atoms with van der Waals surface area (Å²) in [6.07, 6.45) is 0. The molecule has 0 spiro atoms. The second-order valence-corrected chi connectivity index (χ2v) is 15.8. The van der Waals surface area contributed by atoms with Gasteiger partial charge in [0, 0.05) is 49.3 Å². The molecular weight excluding hydrogens is 743 g/mol. The topological polar surface area (TPSA) is 40.6 Å². The summed E-state index contributed by atoms with van der Waals surface area (Å²) in [6.45, 7) is 0. The van der Waals surface area contributed by atoms with Crippen molar-refractivity contribution >= 4 is 76.5 Å². The first-order valence-corrected chi connectivity index (χ1v) is 20.8. The third kappa shape index (κ3) is 5.01. The van der Waals surface area contributed by atoms with Gasteiger partial charge >= 0.3 is 0 Å². The second kappa shape index (κ2) is 13.1. The first-order valence-electron chi connectivity index (χ1n) is 20.8. The molecule has 4 aromatic heterocycles. The van der Waals surface area contributed by atoms with Crippen LogP contribution in [-0.4, -0.2) is 23.7 Å². The zero-order chi connectivity index (χ0) is 40.0. The molecule has 0 amide bonds. The highest BCUT2D eigenvalue weighted by Crippen LogP contribution is 2.44. The molecule has 5 nitrogen and oxygen atoms in total. The van der Waals surface area contributed by atoms with E-state index in [1.54, 1.807) is 0 Å². The molecule has 0 aliphatic rings. The van der Waals surface area contributed by atoms with Gasteiger partial charge in [-0.25, -0.2) is 9.97 Å². The summed E-state index contributed by atoms with van der Waals surface area (Å²) < 4.78 is 7.19. The van der Waals surface area contributed by atoms with Crippen LogP contribution in [-0.2, 0) is 0 Å². The minimum absolute atomic E-state index is 0.807. The second-order valence-electron chi connectivity index (χ2n) is 15.8. The predicted molar refractivity (Wildman–Crippen MR) is 253 cm³/mol. The van der Waals surface area contributed by atoms with E-state index < -0.39 is 0 Å². The molecule has 4 heterocycles. The fraction of sp³-hybridized carbons (Fsp3) is 0. The molecule has 0 aliphatic carbocycles. The maximum atomic E-state index is 5.39. The molecule has 13 aromatic rings. The number of fused-ring (bicyclic) bond motifs is 11. The summed E-state index contributed by atoms with van der Waals surface area (Å²) in [5.74, 6) is 0.807. The van der Waals surface area contributed by atoms with Crippen LogP contribution in [0.4, 0.5) is 0 Å². The molecule has 0 saturated carbocycles. The van der Waals surface area contributed by atoms with Crippen LogP contribution in [0.2, 0.25) is 0 Å². The van der Waals surface area contributed by atoms with E-state index in [9.17, 15) is 0 Å². The molecular formula is C56H35N5. The lowest BCUT2D eigenvalue weighted by Gasteiger charge is -2.14. The monoisotopic (exact) mass is 777 g/mol. The van der Waals surface area contributed by atoms with Crippen LogP contribution < -0.4 is 0 Å². The van der Waals surface area contributed by atoms with Crippen LogP contribution in [0.15, 0.2) is 212 Å². The van der Waals surface area contributed by atoms with Crippen molar-refractivity contribution in [2.45, 2.75) is 0 Å². The van der Waals surface area contributed by atoms with Gasteiger partial charge in [0.25, 0.3) is 0 Å². The van der Waals surface area contributed by atoms with Gasteiger partial charge in [0.2, 0.25) is 0 Å². The van der Waals surface area contributed by atoms with Crippen molar-refractivity contribution in [3.05, 3.63) is 212 Å². The summed E-state index contributed by atoms with van der Waals surface area (Å²) in [5.41, 5.74) is 15.1. The fourth-order valence-electron chi connectivity index (χ4n) is 9.79. The summed E-state index contributed by atoms with van der Waals surface area (Å²) in [7, 11) is 0. The zero-order valence-electron chi connectivity index (χ0n) is 32.9. The third-order valence-corrected chi connectivity index (χ3v) is 12.4. The largest absolute Gasteiger partial charge is 0.309 e. The van der Waals surface area contributed by atoms with Gasteiger partial charge in [0.15, 0.2) is 5.82 Å². The number of benzene rings is 9. The highest BCUT2D eigenvalue weighted by Gasteiger charge is 2.23. The Labute approximate surface area is 350 Å². The Balaban J connectivity index is 1.09. The van der Waals surface area contributed by atoms with Crippen molar-refractivity contribution in [2.24, 2.45) is 0 Å². The summed E-state index contributed by atoms with van der Waals surface area (Å²) >= 11 is 0. The average Bonchev–Trinajstić information content (AvgIpc) is 3.97. The highest BCUT2D eigenvalue weighted by molar-refractivity contribution is 6.29. The van der Waals surface area contributed by atoms with E-state index in [4.69, 9.17) is 9.97 Å². The number of aromatic nitrogens is 5. The number of nitrogens with zero attached hydrogens (tertiary/aromatic N) is 5.